The van der Waals surface area contributed by atoms with Gasteiger partial charge in [-0.3, -0.25) is 4.79 Å². The zero-order valence-corrected chi connectivity index (χ0v) is 9.89. The van der Waals surface area contributed by atoms with E-state index in [0.29, 0.717) is 25.9 Å². The number of carbonyl (C=O) groups is 2. The van der Waals surface area contributed by atoms with E-state index >= 15 is 0 Å². The molecule has 1 aliphatic heterocycles. The number of ether oxygens (including phenoxy) is 1. The van der Waals surface area contributed by atoms with Crippen LogP contribution in [0.5, 0.6) is 0 Å². The van der Waals surface area contributed by atoms with Crippen LogP contribution in [0.15, 0.2) is 24.3 Å². The van der Waals surface area contributed by atoms with Gasteiger partial charge in [0.15, 0.2) is 0 Å². The van der Waals surface area contributed by atoms with Crippen LogP contribution >= 0.6 is 0 Å². The number of carbonyl (C=O) groups excluding carboxylic acids is 2. The molecule has 1 saturated heterocycles. The number of amides is 1. The van der Waals surface area contributed by atoms with Crippen LogP contribution in [0.1, 0.15) is 18.4 Å². The lowest BCUT2D eigenvalue weighted by Gasteiger charge is -2.25. The highest BCUT2D eigenvalue weighted by molar-refractivity contribution is 5.81. The number of nitrogens with zero attached hydrogens (tertiary/aromatic N) is 1. The molecule has 96 valence electrons. The summed E-state index contributed by atoms with van der Waals surface area (Å²) in [5, 5.41) is 0. The van der Waals surface area contributed by atoms with E-state index in [1.54, 1.807) is 12.1 Å². The van der Waals surface area contributed by atoms with Gasteiger partial charge < -0.3 is 9.64 Å². The second kappa shape index (κ2) is 5.62. The zero-order chi connectivity index (χ0) is 13.0. The SMILES string of the molecule is O=C1CCN(C(=O)OCc2ccc(F)cc2)CC1. The van der Waals surface area contributed by atoms with Crippen LogP contribution in [0.4, 0.5) is 9.18 Å². The molecule has 0 aromatic heterocycles. The van der Waals surface area contributed by atoms with Crippen molar-refractivity contribution in [1.82, 2.24) is 4.90 Å². The Morgan fingerprint density at radius 1 is 1.22 bits per heavy atom. The zero-order valence-electron chi connectivity index (χ0n) is 9.89. The average Bonchev–Trinajstić information content (AvgIpc) is 2.38. The van der Waals surface area contributed by atoms with Gasteiger partial charge in [0, 0.05) is 25.9 Å². The Bertz CT molecular complexity index is 434. The van der Waals surface area contributed by atoms with E-state index in [1.165, 1.54) is 17.0 Å². The maximum Gasteiger partial charge on any atom is 0.410 e. The monoisotopic (exact) mass is 251 g/mol. The predicted molar refractivity (Wildman–Crippen MR) is 62.4 cm³/mol. The van der Waals surface area contributed by atoms with Gasteiger partial charge in [-0.1, -0.05) is 12.1 Å². The largest absolute Gasteiger partial charge is 0.445 e. The van der Waals surface area contributed by atoms with Crippen LogP contribution in [0.2, 0.25) is 0 Å². The molecule has 0 saturated carbocycles. The van der Waals surface area contributed by atoms with Crippen molar-refractivity contribution < 1.29 is 18.7 Å². The van der Waals surface area contributed by atoms with E-state index in [1.807, 2.05) is 0 Å². The number of piperidine rings is 1. The highest BCUT2D eigenvalue weighted by Crippen LogP contribution is 2.09. The van der Waals surface area contributed by atoms with Gasteiger partial charge in [-0.05, 0) is 17.7 Å². The molecule has 1 aliphatic rings. The van der Waals surface area contributed by atoms with Gasteiger partial charge in [0.2, 0.25) is 0 Å². The predicted octanol–water partition coefficient (Wildman–Crippen LogP) is 2.13. The van der Waals surface area contributed by atoms with Gasteiger partial charge in [-0.15, -0.1) is 0 Å². The first-order chi connectivity index (χ1) is 8.65. The van der Waals surface area contributed by atoms with Gasteiger partial charge in [0.05, 0.1) is 0 Å². The van der Waals surface area contributed by atoms with Crippen molar-refractivity contribution in [2.75, 3.05) is 13.1 Å². The van der Waals surface area contributed by atoms with Gasteiger partial charge in [0.25, 0.3) is 0 Å². The normalized spacial score (nSPS) is 15.6. The fourth-order valence-electron chi connectivity index (χ4n) is 1.76. The molecule has 0 aliphatic carbocycles. The van der Waals surface area contributed by atoms with E-state index < -0.39 is 6.09 Å². The van der Waals surface area contributed by atoms with E-state index in [4.69, 9.17) is 4.74 Å². The molecule has 0 N–H and O–H groups in total. The van der Waals surface area contributed by atoms with Crippen molar-refractivity contribution in [3.8, 4) is 0 Å². The molecule has 18 heavy (non-hydrogen) atoms. The number of ketones is 1. The number of halogens is 1. The van der Waals surface area contributed by atoms with Gasteiger partial charge in [-0.25, -0.2) is 9.18 Å². The summed E-state index contributed by atoms with van der Waals surface area (Å²) in [6, 6.07) is 5.79. The molecule has 1 aromatic rings. The Kier molecular flexibility index (Phi) is 3.92. The van der Waals surface area contributed by atoms with Gasteiger partial charge in [-0.2, -0.15) is 0 Å². The molecule has 0 spiro atoms. The lowest BCUT2D eigenvalue weighted by atomic mass is 10.1. The number of Topliss-reactive ketones (excluding diaryl/α,β-unsaturated/α-hetero) is 1. The van der Waals surface area contributed by atoms with Crippen molar-refractivity contribution in [3.63, 3.8) is 0 Å². The van der Waals surface area contributed by atoms with Crippen LogP contribution in [0.25, 0.3) is 0 Å². The fourth-order valence-corrected chi connectivity index (χ4v) is 1.76. The second-order valence-corrected chi connectivity index (χ2v) is 4.21. The number of hydrogen-bond acceptors (Lipinski definition) is 3. The summed E-state index contributed by atoms with van der Waals surface area (Å²) in [5.41, 5.74) is 0.734. The Balaban J connectivity index is 1.81. The molecule has 1 fully saturated rings. The van der Waals surface area contributed by atoms with Crippen LogP contribution in [0.3, 0.4) is 0 Å². The molecule has 4 nitrogen and oxygen atoms in total. The number of likely N-dealkylation sites (tertiary alicyclic amines) is 1. The molecule has 1 aromatic carbocycles. The lowest BCUT2D eigenvalue weighted by molar-refractivity contribution is -0.121. The van der Waals surface area contributed by atoms with Crippen molar-refractivity contribution in [2.24, 2.45) is 0 Å². The van der Waals surface area contributed by atoms with E-state index in [-0.39, 0.29) is 18.2 Å². The van der Waals surface area contributed by atoms with Crippen LogP contribution in [-0.4, -0.2) is 29.9 Å². The maximum absolute atomic E-state index is 12.7. The summed E-state index contributed by atoms with van der Waals surface area (Å²) in [6.07, 6.45) is 0.365. The second-order valence-electron chi connectivity index (χ2n) is 4.21. The highest BCUT2D eigenvalue weighted by atomic mass is 19.1. The molecular formula is C13H14FNO3. The molecule has 0 atom stereocenters. The van der Waals surface area contributed by atoms with Crippen molar-refractivity contribution in [2.45, 2.75) is 19.4 Å². The third kappa shape index (κ3) is 3.29. The first-order valence-electron chi connectivity index (χ1n) is 5.83. The first kappa shape index (κ1) is 12.5. The minimum atomic E-state index is -0.424. The molecule has 1 amide bonds. The smallest absolute Gasteiger partial charge is 0.410 e. The van der Waals surface area contributed by atoms with Crippen LogP contribution in [0, 0.1) is 5.82 Å². The molecule has 0 bridgehead atoms. The van der Waals surface area contributed by atoms with E-state index in [9.17, 15) is 14.0 Å². The molecule has 0 unspecified atom stereocenters. The molecule has 0 radical (unpaired) electrons. The maximum atomic E-state index is 12.7. The highest BCUT2D eigenvalue weighted by Gasteiger charge is 2.21. The fraction of sp³-hybridized carbons (Fsp3) is 0.385. The summed E-state index contributed by atoms with van der Waals surface area (Å²) in [5.74, 6) is -0.141. The molecular weight excluding hydrogens is 237 g/mol. The Morgan fingerprint density at radius 3 is 2.44 bits per heavy atom. The van der Waals surface area contributed by atoms with Crippen molar-refractivity contribution >= 4 is 11.9 Å². The summed E-state index contributed by atoms with van der Waals surface area (Å²) >= 11 is 0. The standard InChI is InChI=1S/C13H14FNO3/c14-11-3-1-10(2-4-11)9-18-13(17)15-7-5-12(16)6-8-15/h1-4H,5-9H2. The molecule has 5 heteroatoms. The summed E-state index contributed by atoms with van der Waals surface area (Å²) in [4.78, 5) is 24.2. The average molecular weight is 251 g/mol. The third-order valence-corrected chi connectivity index (χ3v) is 2.85. The first-order valence-corrected chi connectivity index (χ1v) is 5.83. The van der Waals surface area contributed by atoms with E-state index in [2.05, 4.69) is 0 Å². The number of hydrogen-bond donors (Lipinski definition) is 0. The van der Waals surface area contributed by atoms with Crippen molar-refractivity contribution in [1.29, 1.82) is 0 Å². The van der Waals surface area contributed by atoms with Crippen molar-refractivity contribution in [3.05, 3.63) is 35.6 Å². The van der Waals surface area contributed by atoms with Crippen LogP contribution in [-0.2, 0) is 16.1 Å². The quantitative estimate of drug-likeness (QED) is 0.809. The minimum absolute atomic E-state index is 0.115. The molecule has 1 heterocycles. The van der Waals surface area contributed by atoms with E-state index in [0.717, 1.165) is 5.56 Å². The summed E-state index contributed by atoms with van der Waals surface area (Å²) in [6.45, 7) is 0.950. The van der Waals surface area contributed by atoms with Crippen LogP contribution < -0.4 is 0 Å². The Morgan fingerprint density at radius 2 is 1.83 bits per heavy atom. The third-order valence-electron chi connectivity index (χ3n) is 2.85. The molecule has 2 rings (SSSR count). The summed E-state index contributed by atoms with van der Waals surface area (Å²) < 4.78 is 17.8. The Labute approximate surface area is 104 Å². The lowest BCUT2D eigenvalue weighted by Crippen LogP contribution is -2.38. The summed E-state index contributed by atoms with van der Waals surface area (Å²) in [7, 11) is 0. The minimum Gasteiger partial charge on any atom is -0.445 e. The number of rotatable bonds is 2. The number of benzene rings is 1. The Hall–Kier alpha value is -1.91. The van der Waals surface area contributed by atoms with Gasteiger partial charge >= 0.3 is 6.09 Å². The topological polar surface area (TPSA) is 46.6 Å². The van der Waals surface area contributed by atoms with Gasteiger partial charge in [0.1, 0.15) is 18.2 Å².